The first kappa shape index (κ1) is 12.7. The molecule has 0 atom stereocenters. The lowest BCUT2D eigenvalue weighted by Gasteiger charge is -2.16. The van der Waals surface area contributed by atoms with Crippen LogP contribution in [0, 0.1) is 6.92 Å². The fraction of sp³-hybridized carbons (Fsp3) is 0.462. The van der Waals surface area contributed by atoms with E-state index in [-0.39, 0.29) is 5.91 Å². The van der Waals surface area contributed by atoms with Gasteiger partial charge in [-0.3, -0.25) is 4.79 Å². The van der Waals surface area contributed by atoms with Gasteiger partial charge in [-0.1, -0.05) is 24.3 Å². The van der Waals surface area contributed by atoms with Crippen molar-refractivity contribution in [2.45, 2.75) is 32.8 Å². The van der Waals surface area contributed by atoms with Crippen LogP contribution in [0.4, 0.5) is 0 Å². The number of aliphatic hydroxyl groups is 1. The molecule has 3 nitrogen and oxygen atoms in total. The Morgan fingerprint density at radius 2 is 2.00 bits per heavy atom. The molecule has 1 amide bonds. The maximum atomic E-state index is 11.4. The third-order valence-electron chi connectivity index (χ3n) is 2.50. The number of nitrogens with one attached hydrogen (secondary N) is 1. The predicted molar refractivity (Wildman–Crippen MR) is 64.2 cm³/mol. The Labute approximate surface area is 96.5 Å². The summed E-state index contributed by atoms with van der Waals surface area (Å²) in [7, 11) is 0. The maximum Gasteiger partial charge on any atom is 0.251 e. The van der Waals surface area contributed by atoms with Crippen molar-refractivity contribution in [3.63, 3.8) is 0 Å². The minimum Gasteiger partial charge on any atom is -0.381 e. The van der Waals surface area contributed by atoms with E-state index in [4.69, 9.17) is 0 Å². The number of hydrogen-bond donors (Lipinski definition) is 2. The van der Waals surface area contributed by atoms with Crippen LogP contribution in [0.5, 0.6) is 0 Å². The number of benzene rings is 1. The van der Waals surface area contributed by atoms with E-state index in [9.17, 15) is 9.90 Å². The van der Waals surface area contributed by atoms with Crippen LogP contribution in [-0.2, 0) is 11.2 Å². The van der Waals surface area contributed by atoms with E-state index in [2.05, 4.69) is 5.32 Å². The van der Waals surface area contributed by atoms with Gasteiger partial charge in [-0.25, -0.2) is 0 Å². The van der Waals surface area contributed by atoms with E-state index in [1.807, 2.05) is 31.2 Å². The highest BCUT2D eigenvalue weighted by Crippen LogP contribution is 2.07. The highest BCUT2D eigenvalue weighted by Gasteiger charge is 2.22. The van der Waals surface area contributed by atoms with Gasteiger partial charge in [-0.05, 0) is 38.3 Å². The second-order valence-corrected chi connectivity index (χ2v) is 4.49. The molecular formula is C13H19NO2. The van der Waals surface area contributed by atoms with Crippen LogP contribution in [0.25, 0.3) is 0 Å². The van der Waals surface area contributed by atoms with Crippen molar-refractivity contribution < 1.29 is 9.90 Å². The van der Waals surface area contributed by atoms with Crippen LogP contribution in [0.15, 0.2) is 24.3 Å². The molecule has 16 heavy (non-hydrogen) atoms. The number of rotatable bonds is 4. The number of amides is 1. The van der Waals surface area contributed by atoms with E-state index in [0.717, 1.165) is 6.42 Å². The zero-order valence-corrected chi connectivity index (χ0v) is 10.1. The van der Waals surface area contributed by atoms with E-state index in [0.29, 0.717) is 6.54 Å². The van der Waals surface area contributed by atoms with E-state index in [1.54, 1.807) is 0 Å². The molecule has 2 N–H and O–H groups in total. The van der Waals surface area contributed by atoms with Gasteiger partial charge in [0, 0.05) is 6.54 Å². The third kappa shape index (κ3) is 3.66. The molecule has 88 valence electrons. The molecule has 0 radical (unpaired) electrons. The van der Waals surface area contributed by atoms with Crippen molar-refractivity contribution >= 4 is 5.91 Å². The molecule has 0 unspecified atom stereocenters. The Kier molecular flexibility index (Phi) is 4.07. The first-order valence-corrected chi connectivity index (χ1v) is 5.46. The van der Waals surface area contributed by atoms with Gasteiger partial charge in [0.15, 0.2) is 0 Å². The molecule has 0 aliphatic rings. The van der Waals surface area contributed by atoms with E-state index >= 15 is 0 Å². The average Bonchev–Trinajstić information content (AvgIpc) is 2.19. The van der Waals surface area contributed by atoms with Crippen LogP contribution in [-0.4, -0.2) is 23.2 Å². The standard InChI is InChI=1S/C13H19NO2/c1-10-6-4-5-7-11(10)8-9-14-12(15)13(2,3)16/h4-7,16H,8-9H2,1-3H3,(H,14,15). The summed E-state index contributed by atoms with van der Waals surface area (Å²) in [6, 6.07) is 8.08. The molecule has 0 aliphatic heterocycles. The number of hydrogen-bond acceptors (Lipinski definition) is 2. The van der Waals surface area contributed by atoms with Crippen molar-refractivity contribution in [1.29, 1.82) is 0 Å². The number of carbonyl (C=O) groups is 1. The summed E-state index contributed by atoms with van der Waals surface area (Å²) in [4.78, 5) is 11.4. The Morgan fingerprint density at radius 1 is 1.38 bits per heavy atom. The number of aryl methyl sites for hydroxylation is 1. The fourth-order valence-corrected chi connectivity index (χ4v) is 1.42. The molecule has 1 aromatic rings. The molecule has 0 heterocycles. The summed E-state index contributed by atoms with van der Waals surface area (Å²) in [6.07, 6.45) is 0.786. The second-order valence-electron chi connectivity index (χ2n) is 4.49. The first-order chi connectivity index (χ1) is 7.41. The first-order valence-electron chi connectivity index (χ1n) is 5.46. The van der Waals surface area contributed by atoms with Crippen molar-refractivity contribution in [2.75, 3.05) is 6.54 Å². The van der Waals surface area contributed by atoms with Crippen LogP contribution in [0.3, 0.4) is 0 Å². The van der Waals surface area contributed by atoms with Gasteiger partial charge in [-0.2, -0.15) is 0 Å². The summed E-state index contributed by atoms with van der Waals surface area (Å²) in [5, 5.41) is 12.1. The van der Waals surface area contributed by atoms with Crippen molar-refractivity contribution in [3.05, 3.63) is 35.4 Å². The molecule has 0 aliphatic carbocycles. The summed E-state index contributed by atoms with van der Waals surface area (Å²) in [6.45, 7) is 5.56. The lowest BCUT2D eigenvalue weighted by Crippen LogP contribution is -2.42. The summed E-state index contributed by atoms with van der Waals surface area (Å²) in [5.41, 5.74) is 1.14. The van der Waals surface area contributed by atoms with Gasteiger partial charge in [-0.15, -0.1) is 0 Å². The molecule has 3 heteroatoms. The van der Waals surface area contributed by atoms with Crippen LogP contribution >= 0.6 is 0 Å². The lowest BCUT2D eigenvalue weighted by molar-refractivity contribution is -0.136. The highest BCUT2D eigenvalue weighted by molar-refractivity contribution is 5.83. The van der Waals surface area contributed by atoms with E-state index in [1.165, 1.54) is 25.0 Å². The zero-order valence-electron chi connectivity index (χ0n) is 10.1. The fourth-order valence-electron chi connectivity index (χ4n) is 1.42. The molecule has 0 spiro atoms. The zero-order chi connectivity index (χ0) is 12.2. The second kappa shape index (κ2) is 5.12. The molecule has 0 saturated carbocycles. The van der Waals surface area contributed by atoms with Gasteiger partial charge in [0.1, 0.15) is 5.60 Å². The highest BCUT2D eigenvalue weighted by atomic mass is 16.3. The Morgan fingerprint density at radius 3 is 2.56 bits per heavy atom. The van der Waals surface area contributed by atoms with Crippen molar-refractivity contribution in [1.82, 2.24) is 5.32 Å². The van der Waals surface area contributed by atoms with Gasteiger partial charge in [0.25, 0.3) is 5.91 Å². The summed E-state index contributed by atoms with van der Waals surface area (Å²) < 4.78 is 0. The molecule has 0 saturated heterocycles. The minimum absolute atomic E-state index is 0.332. The molecule has 1 aromatic carbocycles. The van der Waals surface area contributed by atoms with Crippen LogP contribution < -0.4 is 5.32 Å². The van der Waals surface area contributed by atoms with Gasteiger partial charge < -0.3 is 10.4 Å². The van der Waals surface area contributed by atoms with Crippen LogP contribution in [0.2, 0.25) is 0 Å². The Bertz CT molecular complexity index is 366. The lowest BCUT2D eigenvalue weighted by atomic mass is 10.1. The normalized spacial score (nSPS) is 11.2. The van der Waals surface area contributed by atoms with E-state index < -0.39 is 5.60 Å². The van der Waals surface area contributed by atoms with Gasteiger partial charge in [0.2, 0.25) is 0 Å². The van der Waals surface area contributed by atoms with Crippen molar-refractivity contribution in [2.24, 2.45) is 0 Å². The van der Waals surface area contributed by atoms with Gasteiger partial charge in [0.05, 0.1) is 0 Å². The van der Waals surface area contributed by atoms with Crippen molar-refractivity contribution in [3.8, 4) is 0 Å². The number of carbonyl (C=O) groups excluding carboxylic acids is 1. The largest absolute Gasteiger partial charge is 0.381 e. The maximum absolute atomic E-state index is 11.4. The quantitative estimate of drug-likeness (QED) is 0.808. The van der Waals surface area contributed by atoms with Gasteiger partial charge >= 0.3 is 0 Å². The summed E-state index contributed by atoms with van der Waals surface area (Å²) in [5.74, 6) is -0.332. The monoisotopic (exact) mass is 221 g/mol. The minimum atomic E-state index is -1.30. The summed E-state index contributed by atoms with van der Waals surface area (Å²) >= 11 is 0. The molecule has 0 fully saturated rings. The molecule has 0 bridgehead atoms. The predicted octanol–water partition coefficient (Wildman–Crippen LogP) is 1.42. The molecule has 0 aromatic heterocycles. The Balaban J connectivity index is 2.43. The smallest absolute Gasteiger partial charge is 0.251 e. The Hall–Kier alpha value is -1.35. The molecule has 1 rings (SSSR count). The molecular weight excluding hydrogens is 202 g/mol. The topological polar surface area (TPSA) is 49.3 Å². The van der Waals surface area contributed by atoms with Crippen LogP contribution in [0.1, 0.15) is 25.0 Å². The average molecular weight is 221 g/mol. The SMILES string of the molecule is Cc1ccccc1CCNC(=O)C(C)(C)O. The third-order valence-corrected chi connectivity index (χ3v) is 2.50.